The zero-order valence-electron chi connectivity index (χ0n) is 9.92. The Morgan fingerprint density at radius 1 is 1.26 bits per heavy atom. The molecule has 1 aromatic carbocycles. The van der Waals surface area contributed by atoms with Gasteiger partial charge in [-0.05, 0) is 30.3 Å². The number of aromatic nitrogens is 1. The number of thioether (sulfide) groups is 1. The molecule has 6 heteroatoms. The Kier molecular flexibility index (Phi) is 4.25. The lowest BCUT2D eigenvalue weighted by Crippen LogP contribution is -2.32. The highest BCUT2D eigenvalue weighted by molar-refractivity contribution is 8.00. The number of rotatable bonds is 4. The lowest BCUT2D eigenvalue weighted by Gasteiger charge is -2.03. The van der Waals surface area contributed by atoms with Crippen molar-refractivity contribution in [3.8, 4) is 5.75 Å². The number of carbonyl (C=O) groups is 2. The summed E-state index contributed by atoms with van der Waals surface area (Å²) in [6, 6.07) is 9.86. The molecule has 98 valence electrons. The van der Waals surface area contributed by atoms with Crippen LogP contribution in [0, 0.1) is 0 Å². The van der Waals surface area contributed by atoms with Crippen molar-refractivity contribution in [1.29, 1.82) is 0 Å². The average molecular weight is 276 g/mol. The van der Waals surface area contributed by atoms with Crippen molar-refractivity contribution in [3.05, 3.63) is 48.3 Å². The first-order valence-corrected chi connectivity index (χ1v) is 6.53. The number of benzene rings is 1. The van der Waals surface area contributed by atoms with E-state index in [0.717, 1.165) is 4.90 Å². The molecule has 1 aromatic heterocycles. The molecule has 2 rings (SSSR count). The van der Waals surface area contributed by atoms with E-state index in [-0.39, 0.29) is 17.4 Å². The second-order valence-electron chi connectivity index (χ2n) is 3.75. The molecule has 0 aliphatic carbocycles. The number of aromatic amines is 1. The summed E-state index contributed by atoms with van der Waals surface area (Å²) in [6.07, 6.45) is 1.61. The number of hydrogen-bond donors (Lipinski definition) is 3. The minimum atomic E-state index is -0.452. The number of nitrogens with one attached hydrogen (secondary N) is 2. The summed E-state index contributed by atoms with van der Waals surface area (Å²) in [5.41, 5.74) is 0.343. The summed E-state index contributed by atoms with van der Waals surface area (Å²) < 4.78 is 0. The van der Waals surface area contributed by atoms with E-state index in [1.165, 1.54) is 11.8 Å². The topological polar surface area (TPSA) is 82.2 Å². The molecule has 0 atom stereocenters. The van der Waals surface area contributed by atoms with Gasteiger partial charge in [-0.15, -0.1) is 11.8 Å². The number of amides is 2. The molecular weight excluding hydrogens is 264 g/mol. The largest absolute Gasteiger partial charge is 0.508 e. The monoisotopic (exact) mass is 276 g/mol. The lowest BCUT2D eigenvalue weighted by atomic mass is 10.3. The minimum absolute atomic E-state index is 0.107. The Labute approximate surface area is 114 Å². The third kappa shape index (κ3) is 3.89. The van der Waals surface area contributed by atoms with Crippen molar-refractivity contribution in [1.82, 2.24) is 10.3 Å². The number of imide groups is 1. The van der Waals surface area contributed by atoms with Crippen molar-refractivity contribution in [2.24, 2.45) is 0 Å². The van der Waals surface area contributed by atoms with Crippen molar-refractivity contribution >= 4 is 23.6 Å². The fraction of sp³-hybridized carbons (Fsp3) is 0.0769. The van der Waals surface area contributed by atoms with Gasteiger partial charge >= 0.3 is 0 Å². The van der Waals surface area contributed by atoms with Crippen molar-refractivity contribution < 1.29 is 14.7 Å². The maximum atomic E-state index is 11.6. The number of H-pyrrole nitrogens is 1. The fourth-order valence-electron chi connectivity index (χ4n) is 1.42. The molecule has 0 aliphatic heterocycles. The maximum absolute atomic E-state index is 11.6. The molecule has 0 spiro atoms. The molecule has 0 saturated carbocycles. The van der Waals surface area contributed by atoms with Crippen LogP contribution in [-0.4, -0.2) is 27.7 Å². The third-order valence-electron chi connectivity index (χ3n) is 2.28. The van der Waals surface area contributed by atoms with Crippen LogP contribution in [0.3, 0.4) is 0 Å². The van der Waals surface area contributed by atoms with Gasteiger partial charge in [0.1, 0.15) is 11.4 Å². The predicted molar refractivity (Wildman–Crippen MR) is 72.1 cm³/mol. The van der Waals surface area contributed by atoms with E-state index in [1.54, 1.807) is 42.6 Å². The summed E-state index contributed by atoms with van der Waals surface area (Å²) >= 11 is 1.25. The molecular formula is C13H12N2O3S. The molecule has 0 bridgehead atoms. The van der Waals surface area contributed by atoms with Gasteiger partial charge in [-0.25, -0.2) is 0 Å². The van der Waals surface area contributed by atoms with Crippen molar-refractivity contribution in [2.75, 3.05) is 5.75 Å². The zero-order valence-corrected chi connectivity index (χ0v) is 10.7. The summed E-state index contributed by atoms with van der Waals surface area (Å²) in [6.45, 7) is 0. The third-order valence-corrected chi connectivity index (χ3v) is 3.28. The lowest BCUT2D eigenvalue weighted by molar-refractivity contribution is -0.117. The standard InChI is InChI=1S/C13H12N2O3S/c16-9-3-1-4-10(7-9)19-8-12(17)15-13(18)11-5-2-6-14-11/h1-7,14,16H,8H2,(H,15,17,18). The molecule has 0 aliphatic rings. The van der Waals surface area contributed by atoms with Crippen LogP contribution in [0.1, 0.15) is 10.5 Å². The second kappa shape index (κ2) is 6.10. The van der Waals surface area contributed by atoms with Crippen LogP contribution in [0.5, 0.6) is 5.75 Å². The van der Waals surface area contributed by atoms with Gasteiger partial charge in [0, 0.05) is 11.1 Å². The van der Waals surface area contributed by atoms with E-state index in [4.69, 9.17) is 0 Å². The first kappa shape index (κ1) is 13.2. The molecule has 2 aromatic rings. The SMILES string of the molecule is O=C(CSc1cccc(O)c1)NC(=O)c1ccc[nH]1. The predicted octanol–water partition coefficient (Wildman–Crippen LogP) is 1.77. The zero-order chi connectivity index (χ0) is 13.7. The van der Waals surface area contributed by atoms with Gasteiger partial charge in [-0.2, -0.15) is 0 Å². The van der Waals surface area contributed by atoms with Gasteiger partial charge < -0.3 is 10.1 Å². The van der Waals surface area contributed by atoms with E-state index in [0.29, 0.717) is 5.69 Å². The van der Waals surface area contributed by atoms with Crippen LogP contribution >= 0.6 is 11.8 Å². The normalized spacial score (nSPS) is 10.1. The Morgan fingerprint density at radius 3 is 2.79 bits per heavy atom. The number of aromatic hydroxyl groups is 1. The maximum Gasteiger partial charge on any atom is 0.274 e. The Morgan fingerprint density at radius 2 is 2.11 bits per heavy atom. The molecule has 0 fully saturated rings. The molecule has 19 heavy (non-hydrogen) atoms. The van der Waals surface area contributed by atoms with E-state index in [9.17, 15) is 14.7 Å². The summed E-state index contributed by atoms with van der Waals surface area (Å²) in [7, 11) is 0. The number of carbonyl (C=O) groups excluding carboxylic acids is 2. The van der Waals surface area contributed by atoms with Gasteiger partial charge in [-0.3, -0.25) is 14.9 Å². The molecule has 1 heterocycles. The van der Waals surface area contributed by atoms with E-state index in [1.807, 2.05) is 0 Å². The number of phenols is 1. The van der Waals surface area contributed by atoms with Gasteiger partial charge in [-0.1, -0.05) is 6.07 Å². The molecule has 0 unspecified atom stereocenters. The van der Waals surface area contributed by atoms with Crippen molar-refractivity contribution in [3.63, 3.8) is 0 Å². The highest BCUT2D eigenvalue weighted by Gasteiger charge is 2.11. The van der Waals surface area contributed by atoms with Crippen LogP contribution in [0.15, 0.2) is 47.5 Å². The van der Waals surface area contributed by atoms with Gasteiger partial charge in [0.15, 0.2) is 0 Å². The van der Waals surface area contributed by atoms with Crippen LogP contribution in [0.25, 0.3) is 0 Å². The van der Waals surface area contributed by atoms with Crippen LogP contribution in [0.2, 0.25) is 0 Å². The van der Waals surface area contributed by atoms with Gasteiger partial charge in [0.25, 0.3) is 5.91 Å². The number of hydrogen-bond acceptors (Lipinski definition) is 4. The van der Waals surface area contributed by atoms with Crippen molar-refractivity contribution in [2.45, 2.75) is 4.90 Å². The van der Waals surface area contributed by atoms with E-state index < -0.39 is 5.91 Å². The Hall–Kier alpha value is -2.21. The first-order chi connectivity index (χ1) is 9.15. The molecule has 0 radical (unpaired) electrons. The molecule has 5 nitrogen and oxygen atoms in total. The second-order valence-corrected chi connectivity index (χ2v) is 4.80. The first-order valence-electron chi connectivity index (χ1n) is 5.54. The quantitative estimate of drug-likeness (QED) is 0.743. The highest BCUT2D eigenvalue weighted by Crippen LogP contribution is 2.21. The van der Waals surface area contributed by atoms with E-state index >= 15 is 0 Å². The molecule has 2 amide bonds. The average Bonchev–Trinajstić information content (AvgIpc) is 2.90. The summed E-state index contributed by atoms with van der Waals surface area (Å²) in [5, 5.41) is 11.6. The Bertz CT molecular complexity index is 581. The van der Waals surface area contributed by atoms with Crippen LogP contribution < -0.4 is 5.32 Å². The highest BCUT2D eigenvalue weighted by atomic mass is 32.2. The molecule has 0 saturated heterocycles. The van der Waals surface area contributed by atoms with Gasteiger partial charge in [0.05, 0.1) is 5.75 Å². The summed E-state index contributed by atoms with van der Waals surface area (Å²) in [4.78, 5) is 26.6. The fourth-order valence-corrected chi connectivity index (χ4v) is 2.17. The van der Waals surface area contributed by atoms with Crippen LogP contribution in [-0.2, 0) is 4.79 Å². The Balaban J connectivity index is 1.83. The smallest absolute Gasteiger partial charge is 0.274 e. The molecule has 3 N–H and O–H groups in total. The van der Waals surface area contributed by atoms with E-state index in [2.05, 4.69) is 10.3 Å². The van der Waals surface area contributed by atoms with Gasteiger partial charge in [0.2, 0.25) is 5.91 Å². The number of phenolic OH excluding ortho intramolecular Hbond substituents is 1. The van der Waals surface area contributed by atoms with Crippen LogP contribution in [0.4, 0.5) is 0 Å². The minimum Gasteiger partial charge on any atom is -0.508 e. The summed E-state index contributed by atoms with van der Waals surface area (Å²) in [5.74, 6) is -0.581.